The van der Waals surface area contributed by atoms with Gasteiger partial charge in [0.1, 0.15) is 0 Å². The Labute approximate surface area is 184 Å². The summed E-state index contributed by atoms with van der Waals surface area (Å²) >= 11 is 11.2. The van der Waals surface area contributed by atoms with Crippen molar-refractivity contribution in [3.8, 4) is 0 Å². The summed E-state index contributed by atoms with van der Waals surface area (Å²) < 4.78 is 8.22. The van der Waals surface area contributed by atoms with Crippen LogP contribution in [0.2, 0.25) is 0 Å². The molecule has 0 bridgehead atoms. The first kappa shape index (κ1) is 23.8. The fraction of sp³-hybridized carbons (Fsp3) is 0.300. The van der Waals surface area contributed by atoms with Gasteiger partial charge >= 0.3 is 22.4 Å². The average Bonchev–Trinajstić information content (AvgIpc) is 2.69. The average molecular weight is 485 g/mol. The molecule has 4 nitrogen and oxygen atoms in total. The van der Waals surface area contributed by atoms with Crippen LogP contribution in [-0.4, -0.2) is 39.5 Å². The van der Waals surface area contributed by atoms with E-state index in [4.69, 9.17) is 28.8 Å². The van der Waals surface area contributed by atoms with Crippen molar-refractivity contribution in [2.24, 2.45) is 0 Å². The molecule has 0 aromatic heterocycles. The molecule has 27 heavy (non-hydrogen) atoms. The van der Waals surface area contributed by atoms with Gasteiger partial charge in [0.2, 0.25) is 0 Å². The molecule has 0 saturated heterocycles. The summed E-state index contributed by atoms with van der Waals surface area (Å²) in [6.45, 7) is 2.40. The second-order valence-corrected chi connectivity index (χ2v) is 6.73. The van der Waals surface area contributed by atoms with Crippen LogP contribution in [0, 0.1) is 0 Å². The molecule has 0 atom stereocenters. The number of hydrogen-bond acceptors (Lipinski definition) is 5. The fourth-order valence-electron chi connectivity index (χ4n) is 2.29. The van der Waals surface area contributed by atoms with Crippen molar-refractivity contribution >= 4 is 48.8 Å². The molecule has 2 aromatic rings. The van der Waals surface area contributed by atoms with E-state index in [1.54, 1.807) is 0 Å². The van der Waals surface area contributed by atoms with Crippen LogP contribution < -0.4 is 10.2 Å². The second kappa shape index (κ2) is 13.9. The molecule has 143 valence electrons. The van der Waals surface area contributed by atoms with Crippen LogP contribution in [0.15, 0.2) is 47.4 Å². The number of nitrogens with one attached hydrogen (secondary N) is 1. The Balaban J connectivity index is 0.00000176. The molecule has 0 fully saturated rings. The Hall–Kier alpha value is -1.24. The quantitative estimate of drug-likeness (QED) is 0.333. The van der Waals surface area contributed by atoms with Crippen LogP contribution in [0.5, 0.6) is 0 Å². The van der Waals surface area contributed by atoms with Crippen molar-refractivity contribution in [2.45, 2.75) is 4.90 Å². The standard InChI is InChI=1S/C20H26N3S2.O.Tc/c1-23(2)18-8-5-16(6-9-18)3-4-17-7-10-19(20(25)15-17)22-12-11-21-13-14-24;;/h3-10,15,21,24-25H,11-14H2,1-2H3;;/q-1;;+4/p-2/b4-3+;;. The summed E-state index contributed by atoms with van der Waals surface area (Å²) in [6.07, 6.45) is 4.18. The third-order valence-electron chi connectivity index (χ3n) is 3.71. The summed E-state index contributed by atoms with van der Waals surface area (Å²) in [5.74, 6) is 0.727. The molecule has 0 aliphatic rings. The Kier molecular flexibility index (Phi) is 12.2. The number of anilines is 1. The second-order valence-electron chi connectivity index (χ2n) is 5.88. The van der Waals surface area contributed by atoms with Crippen molar-refractivity contribution in [1.29, 1.82) is 0 Å². The van der Waals surface area contributed by atoms with Crippen molar-refractivity contribution in [3.05, 3.63) is 58.9 Å². The van der Waals surface area contributed by atoms with Crippen molar-refractivity contribution in [1.82, 2.24) is 5.32 Å². The van der Waals surface area contributed by atoms with Gasteiger partial charge < -0.3 is 40.8 Å². The normalized spacial score (nSPS) is 10.4. The molecule has 0 aliphatic carbocycles. The number of hydrogen-bond donors (Lipinski definition) is 1. The summed E-state index contributed by atoms with van der Waals surface area (Å²) in [4.78, 5) is 2.87. The zero-order valence-electron chi connectivity index (χ0n) is 15.5. The maximum absolute atomic E-state index is 8.22. The maximum atomic E-state index is 8.22. The molecule has 0 aliphatic heterocycles. The molecular formula is C20H24N3OS2Tc+. The van der Waals surface area contributed by atoms with E-state index in [2.05, 4.69) is 58.0 Å². The topological polar surface area (TPSA) is 46.4 Å². The zero-order chi connectivity index (χ0) is 20.1. The van der Waals surface area contributed by atoms with Crippen molar-refractivity contribution in [3.63, 3.8) is 0 Å². The predicted molar refractivity (Wildman–Crippen MR) is 115 cm³/mol. The minimum atomic E-state index is 0.715. The van der Waals surface area contributed by atoms with Gasteiger partial charge in [-0.3, -0.25) is 0 Å². The van der Waals surface area contributed by atoms with Gasteiger partial charge in [0.25, 0.3) is 0 Å². The van der Waals surface area contributed by atoms with Gasteiger partial charge in [0.05, 0.1) is 0 Å². The van der Waals surface area contributed by atoms with Crippen LogP contribution in [0.25, 0.3) is 17.5 Å². The SMILES string of the molecule is CN(C)c1ccc(/C=C/c2ccc([N-]CCNCC[S-])c([S-])c2)cc1.[O]=[Tc+4]. The van der Waals surface area contributed by atoms with Crippen LogP contribution in [0.1, 0.15) is 11.1 Å². The summed E-state index contributed by atoms with van der Waals surface area (Å²) in [5.41, 5.74) is 4.32. The molecule has 7 heteroatoms. The predicted octanol–water partition coefficient (Wildman–Crippen LogP) is 3.85. The number of nitrogens with zero attached hydrogens (tertiary/aromatic N) is 2. The van der Waals surface area contributed by atoms with Gasteiger partial charge in [0.15, 0.2) is 0 Å². The summed E-state index contributed by atoms with van der Waals surface area (Å²) in [5, 5.41) is 7.77. The van der Waals surface area contributed by atoms with Crippen LogP contribution >= 0.6 is 0 Å². The molecule has 0 spiro atoms. The molecule has 0 amide bonds. The number of rotatable bonds is 9. The van der Waals surface area contributed by atoms with Crippen LogP contribution in [-0.2, 0) is 47.6 Å². The van der Waals surface area contributed by atoms with E-state index >= 15 is 0 Å². The van der Waals surface area contributed by atoms with Crippen molar-refractivity contribution in [2.75, 3.05) is 44.4 Å². The van der Waals surface area contributed by atoms with E-state index in [1.807, 2.05) is 26.2 Å². The Morgan fingerprint density at radius 2 is 1.67 bits per heavy atom. The molecule has 2 rings (SSSR count). The summed E-state index contributed by atoms with van der Waals surface area (Å²) in [7, 11) is 4.08. The van der Waals surface area contributed by atoms with Gasteiger partial charge in [-0.05, 0) is 36.3 Å². The van der Waals surface area contributed by atoms with E-state index < -0.39 is 0 Å². The fourth-order valence-corrected chi connectivity index (χ4v) is 2.71. The molecular weight excluding hydrogens is 460 g/mol. The third kappa shape index (κ3) is 9.00. The van der Waals surface area contributed by atoms with Crippen LogP contribution in [0.4, 0.5) is 11.4 Å². The van der Waals surface area contributed by atoms with E-state index in [0.717, 1.165) is 59.4 Å². The zero-order valence-corrected chi connectivity index (χ0v) is 19.0. The minimum absolute atomic E-state index is 0.715. The van der Waals surface area contributed by atoms with Gasteiger partial charge in [0, 0.05) is 19.8 Å². The molecule has 2 aromatic carbocycles. The molecule has 1 N–H and O–H groups in total. The van der Waals surface area contributed by atoms with Gasteiger partial charge in [-0.2, -0.15) is 16.3 Å². The molecule has 0 saturated carbocycles. The van der Waals surface area contributed by atoms with E-state index in [1.165, 1.54) is 5.69 Å². The Bertz CT molecular complexity index is 709. The van der Waals surface area contributed by atoms with Crippen molar-refractivity contribution < 1.29 is 22.4 Å². The Morgan fingerprint density at radius 3 is 2.26 bits per heavy atom. The molecule has 0 radical (unpaired) electrons. The third-order valence-corrected chi connectivity index (χ3v) is 4.24. The van der Waals surface area contributed by atoms with E-state index in [9.17, 15) is 0 Å². The van der Waals surface area contributed by atoms with E-state index in [-0.39, 0.29) is 0 Å². The molecule has 0 heterocycles. The first-order valence-electron chi connectivity index (χ1n) is 8.48. The van der Waals surface area contributed by atoms with Crippen LogP contribution in [0.3, 0.4) is 0 Å². The van der Waals surface area contributed by atoms with Gasteiger partial charge in [-0.25, -0.2) is 0 Å². The van der Waals surface area contributed by atoms with Gasteiger partial charge in [-0.15, -0.1) is 6.54 Å². The Morgan fingerprint density at radius 1 is 1.04 bits per heavy atom. The first-order chi connectivity index (χ1) is 13.1. The summed E-state index contributed by atoms with van der Waals surface area (Å²) in [6, 6.07) is 14.5. The van der Waals surface area contributed by atoms with E-state index in [0.29, 0.717) is 6.54 Å². The first-order valence-corrected chi connectivity index (χ1v) is 10.2. The number of benzene rings is 2. The van der Waals surface area contributed by atoms with Gasteiger partial charge in [-0.1, -0.05) is 42.5 Å². The molecule has 0 unspecified atom stereocenters. The monoisotopic (exact) mass is 483 g/mol.